The van der Waals surface area contributed by atoms with Crippen LogP contribution in [0.15, 0.2) is 18.2 Å². The lowest BCUT2D eigenvalue weighted by Crippen LogP contribution is -2.63. The first-order chi connectivity index (χ1) is 14.2. The van der Waals surface area contributed by atoms with Gasteiger partial charge in [-0.25, -0.2) is 9.18 Å². The number of hydrogen-bond acceptors (Lipinski definition) is 3. The highest BCUT2D eigenvalue weighted by molar-refractivity contribution is 5.78. The van der Waals surface area contributed by atoms with Gasteiger partial charge >= 0.3 is 12.2 Å². The Balaban J connectivity index is 1.23. The van der Waals surface area contributed by atoms with Gasteiger partial charge in [0.15, 0.2) is 0 Å². The molecular weight excluding hydrogens is 406 g/mol. The summed E-state index contributed by atoms with van der Waals surface area (Å²) in [5.41, 5.74) is -0.995. The fourth-order valence-corrected chi connectivity index (χ4v) is 4.23. The maximum atomic E-state index is 13.9. The molecule has 0 saturated carbocycles. The third-order valence-corrected chi connectivity index (χ3v) is 6.09. The van der Waals surface area contributed by atoms with Crippen molar-refractivity contribution in [3.05, 3.63) is 35.1 Å². The molecule has 0 spiro atoms. The largest absolute Gasteiger partial charge is 0.416 e. The van der Waals surface area contributed by atoms with Crippen LogP contribution in [0.1, 0.15) is 30.4 Å². The third-order valence-electron chi connectivity index (χ3n) is 6.09. The molecule has 1 unspecified atom stereocenters. The number of nitrogens with one attached hydrogen (secondary N) is 1. The van der Waals surface area contributed by atoms with Crippen molar-refractivity contribution < 1.29 is 31.9 Å². The van der Waals surface area contributed by atoms with E-state index < -0.39 is 17.6 Å². The second kappa shape index (κ2) is 8.05. The van der Waals surface area contributed by atoms with Gasteiger partial charge in [0.1, 0.15) is 5.82 Å². The topological polar surface area (TPSA) is 61.9 Å². The average Bonchev–Trinajstić information content (AvgIpc) is 2.66. The molecule has 3 aliphatic rings. The Hall–Kier alpha value is -2.36. The van der Waals surface area contributed by atoms with E-state index in [-0.39, 0.29) is 36.3 Å². The van der Waals surface area contributed by atoms with E-state index in [1.807, 2.05) is 0 Å². The zero-order valence-corrected chi connectivity index (χ0v) is 16.3. The van der Waals surface area contributed by atoms with Gasteiger partial charge in [-0.3, -0.25) is 4.79 Å². The van der Waals surface area contributed by atoms with Crippen molar-refractivity contribution in [2.24, 2.45) is 5.92 Å². The van der Waals surface area contributed by atoms with Gasteiger partial charge in [0.25, 0.3) is 0 Å². The lowest BCUT2D eigenvalue weighted by atomic mass is 9.84. The molecule has 3 saturated heterocycles. The first-order valence-corrected chi connectivity index (χ1v) is 10.0. The molecule has 0 radical (unpaired) electrons. The molecule has 1 N–H and O–H groups in total. The van der Waals surface area contributed by atoms with Crippen LogP contribution in [0.2, 0.25) is 0 Å². The molecular formula is C20H23F4N3O3. The van der Waals surface area contributed by atoms with Crippen molar-refractivity contribution in [1.29, 1.82) is 0 Å². The molecule has 164 valence electrons. The van der Waals surface area contributed by atoms with Gasteiger partial charge in [-0.1, -0.05) is 6.07 Å². The number of hydrogen-bond donors (Lipinski definition) is 1. The van der Waals surface area contributed by atoms with Crippen LogP contribution in [-0.4, -0.2) is 60.1 Å². The normalized spacial score (nSPS) is 24.9. The number of rotatable bonds is 3. The molecule has 3 heterocycles. The van der Waals surface area contributed by atoms with Crippen molar-refractivity contribution in [3.8, 4) is 0 Å². The van der Waals surface area contributed by atoms with Gasteiger partial charge in [0.05, 0.1) is 31.4 Å². The Morgan fingerprint density at radius 2 is 1.93 bits per heavy atom. The van der Waals surface area contributed by atoms with Gasteiger partial charge in [-0.2, -0.15) is 13.2 Å². The van der Waals surface area contributed by atoms with Crippen LogP contribution in [0.25, 0.3) is 0 Å². The van der Waals surface area contributed by atoms with E-state index in [0.29, 0.717) is 44.6 Å². The van der Waals surface area contributed by atoms with E-state index in [2.05, 4.69) is 5.32 Å². The molecule has 30 heavy (non-hydrogen) atoms. The van der Waals surface area contributed by atoms with E-state index in [4.69, 9.17) is 4.74 Å². The molecule has 3 amide bonds. The number of halogens is 4. The second-order valence-electron chi connectivity index (χ2n) is 8.13. The summed E-state index contributed by atoms with van der Waals surface area (Å²) in [4.78, 5) is 27.6. The molecule has 1 aromatic rings. The minimum absolute atomic E-state index is 0.0000753. The summed E-state index contributed by atoms with van der Waals surface area (Å²) in [6.07, 6.45) is -2.62. The van der Waals surface area contributed by atoms with Crippen LogP contribution in [0.5, 0.6) is 0 Å². The Morgan fingerprint density at radius 1 is 1.17 bits per heavy atom. The molecule has 6 nitrogen and oxygen atoms in total. The second-order valence-corrected chi connectivity index (χ2v) is 8.13. The van der Waals surface area contributed by atoms with Crippen molar-refractivity contribution in [1.82, 2.24) is 15.1 Å². The Bertz CT molecular complexity index is 826. The molecule has 0 aromatic heterocycles. The number of ether oxygens (including phenoxy) is 1. The minimum atomic E-state index is -4.59. The number of nitrogens with zero attached hydrogens (tertiary/aromatic N) is 2. The van der Waals surface area contributed by atoms with E-state index in [1.54, 1.807) is 9.80 Å². The summed E-state index contributed by atoms with van der Waals surface area (Å²) in [5.74, 6) is -0.522. The van der Waals surface area contributed by atoms with Crippen LogP contribution >= 0.6 is 0 Å². The third kappa shape index (κ3) is 4.38. The predicted octanol–water partition coefficient (Wildman–Crippen LogP) is 2.77. The van der Waals surface area contributed by atoms with Crippen molar-refractivity contribution in [2.45, 2.75) is 44.2 Å². The van der Waals surface area contributed by atoms with E-state index >= 15 is 0 Å². The number of likely N-dealkylation sites (tertiary alicyclic amines) is 2. The predicted molar refractivity (Wildman–Crippen MR) is 97.8 cm³/mol. The minimum Gasteiger partial charge on any atom is -0.370 e. The quantitative estimate of drug-likeness (QED) is 0.752. The van der Waals surface area contributed by atoms with Crippen LogP contribution in [0.4, 0.5) is 22.4 Å². The average molecular weight is 429 g/mol. The van der Waals surface area contributed by atoms with Gasteiger partial charge in [-0.05, 0) is 30.9 Å². The number of amides is 3. The Morgan fingerprint density at radius 3 is 2.63 bits per heavy atom. The number of urea groups is 1. The number of carbonyl (C=O) groups is 2. The van der Waals surface area contributed by atoms with E-state index in [9.17, 15) is 27.2 Å². The smallest absolute Gasteiger partial charge is 0.370 e. The highest BCUT2D eigenvalue weighted by Gasteiger charge is 2.39. The van der Waals surface area contributed by atoms with E-state index in [0.717, 1.165) is 25.0 Å². The first kappa shape index (κ1) is 20.9. The summed E-state index contributed by atoms with van der Waals surface area (Å²) >= 11 is 0. The number of fused-ring (bicyclic) bond motifs is 1. The molecule has 3 aliphatic heterocycles. The summed E-state index contributed by atoms with van der Waals surface area (Å²) in [7, 11) is 0. The number of piperidine rings is 2. The number of alkyl halides is 3. The van der Waals surface area contributed by atoms with Gasteiger partial charge in [-0.15, -0.1) is 0 Å². The molecule has 4 rings (SSSR count). The Labute approximate surface area is 171 Å². The molecule has 3 fully saturated rings. The summed E-state index contributed by atoms with van der Waals surface area (Å²) in [6.45, 7) is 1.68. The number of benzene rings is 1. The maximum Gasteiger partial charge on any atom is 0.416 e. The Kier molecular flexibility index (Phi) is 5.61. The fourth-order valence-electron chi connectivity index (χ4n) is 4.23. The summed E-state index contributed by atoms with van der Waals surface area (Å²) in [5, 5.41) is 2.96. The number of carbonyl (C=O) groups excluding carboxylic acids is 2. The molecule has 0 bridgehead atoms. The van der Waals surface area contributed by atoms with Gasteiger partial charge < -0.3 is 19.9 Å². The van der Waals surface area contributed by atoms with E-state index in [1.165, 1.54) is 0 Å². The van der Waals surface area contributed by atoms with Crippen molar-refractivity contribution >= 4 is 11.9 Å². The van der Waals surface area contributed by atoms with Crippen LogP contribution in [0, 0.1) is 11.7 Å². The fraction of sp³-hybridized carbons (Fsp3) is 0.600. The SMILES string of the molecule is O=C1CCC2CCN(C(=O)N3CC(OCc4ccc(C(F)(F)F)cc4F)C3)C[C@H]2N1. The van der Waals surface area contributed by atoms with Gasteiger partial charge in [0.2, 0.25) is 5.91 Å². The lowest BCUT2D eigenvalue weighted by Gasteiger charge is -2.46. The molecule has 1 aromatic carbocycles. The molecule has 10 heteroatoms. The highest BCUT2D eigenvalue weighted by Crippen LogP contribution is 2.31. The highest BCUT2D eigenvalue weighted by atomic mass is 19.4. The monoisotopic (exact) mass is 429 g/mol. The summed E-state index contributed by atoms with van der Waals surface area (Å²) in [6, 6.07) is 2.24. The zero-order chi connectivity index (χ0) is 21.5. The zero-order valence-electron chi connectivity index (χ0n) is 16.3. The first-order valence-electron chi connectivity index (χ1n) is 10.0. The van der Waals surface area contributed by atoms with Crippen LogP contribution in [0.3, 0.4) is 0 Å². The van der Waals surface area contributed by atoms with Crippen molar-refractivity contribution in [2.75, 3.05) is 26.2 Å². The van der Waals surface area contributed by atoms with Crippen LogP contribution < -0.4 is 5.32 Å². The maximum absolute atomic E-state index is 13.9. The lowest BCUT2D eigenvalue weighted by molar-refractivity contribution is -0.137. The molecule has 0 aliphatic carbocycles. The van der Waals surface area contributed by atoms with Crippen LogP contribution in [-0.2, 0) is 22.3 Å². The van der Waals surface area contributed by atoms with Crippen molar-refractivity contribution in [3.63, 3.8) is 0 Å². The standard InChI is InChI=1S/C20H23F4N3O3/c21-16-7-14(20(22,23)24)3-1-13(16)11-30-15-8-27(9-15)19(29)26-6-5-12-2-4-18(28)25-17(12)10-26/h1,3,7,12,15,17H,2,4-6,8-11H2,(H,25,28)/t12?,17-/m1/s1. The van der Waals surface area contributed by atoms with Gasteiger partial charge in [0, 0.05) is 31.1 Å². The summed E-state index contributed by atoms with van der Waals surface area (Å²) < 4.78 is 57.2. The molecule has 2 atom stereocenters.